The van der Waals surface area contributed by atoms with Crippen molar-refractivity contribution in [3.05, 3.63) is 12.7 Å². The second-order valence-corrected chi connectivity index (χ2v) is 18.8. The highest BCUT2D eigenvalue weighted by Crippen LogP contribution is 2.61. The number of aromatic nitrogens is 4. The molecule has 1 aliphatic heterocycles. The van der Waals surface area contributed by atoms with E-state index in [1.165, 1.54) is 13.8 Å². The molecular formula is C27H44N7O21P3S. The monoisotopic (exact) mass is 927 g/mol. The number of rotatable bonds is 24. The Hall–Kier alpha value is -3.05. The van der Waals surface area contributed by atoms with Crippen molar-refractivity contribution in [1.82, 2.24) is 30.2 Å². The summed E-state index contributed by atoms with van der Waals surface area (Å²) in [6.45, 7) is -1.00. The largest absolute Gasteiger partial charge is 0.481 e. The lowest BCUT2D eigenvalue weighted by atomic mass is 9.87. The Labute approximate surface area is 337 Å². The van der Waals surface area contributed by atoms with Gasteiger partial charge in [-0.3, -0.25) is 37.3 Å². The summed E-state index contributed by atoms with van der Waals surface area (Å²) in [5.41, 5.74) is 2.01. The number of hydrogen-bond donors (Lipinski definition) is 12. The maximum atomic E-state index is 12.7. The number of nitrogens with one attached hydrogen (secondary N) is 2. The van der Waals surface area contributed by atoms with Crippen molar-refractivity contribution in [1.29, 1.82) is 0 Å². The van der Waals surface area contributed by atoms with Crippen molar-refractivity contribution in [2.45, 2.75) is 69.4 Å². The predicted octanol–water partition coefficient (Wildman–Crippen LogP) is -2.75. The summed E-state index contributed by atoms with van der Waals surface area (Å²) in [4.78, 5) is 98.3. The maximum absolute atomic E-state index is 12.7. The summed E-state index contributed by atoms with van der Waals surface area (Å²) < 4.78 is 62.0. The van der Waals surface area contributed by atoms with Crippen LogP contribution in [0.4, 0.5) is 5.82 Å². The first kappa shape index (κ1) is 50.3. The second-order valence-electron chi connectivity index (χ2n) is 13.4. The summed E-state index contributed by atoms with van der Waals surface area (Å²) in [5.74, 6) is -3.09. The number of nitrogen functional groups attached to an aromatic ring is 1. The van der Waals surface area contributed by atoms with Crippen LogP contribution in [0.15, 0.2) is 12.7 Å². The van der Waals surface area contributed by atoms with Crippen LogP contribution < -0.4 is 16.4 Å². The molecule has 13 N–H and O–H groups in total. The molecule has 2 aromatic heterocycles. The fourth-order valence-electron chi connectivity index (χ4n) is 5.07. The molecule has 1 aliphatic rings. The average molecular weight is 928 g/mol. The summed E-state index contributed by atoms with van der Waals surface area (Å²) >= 11 is 0.675. The van der Waals surface area contributed by atoms with Crippen molar-refractivity contribution in [2.75, 3.05) is 44.4 Å². The lowest BCUT2D eigenvalue weighted by Gasteiger charge is -2.30. The molecule has 0 saturated carbocycles. The molecule has 1 saturated heterocycles. The van der Waals surface area contributed by atoms with E-state index >= 15 is 0 Å². The topological polar surface area (TPSA) is 441 Å². The highest BCUT2D eigenvalue weighted by atomic mass is 32.2. The summed E-state index contributed by atoms with van der Waals surface area (Å²) in [5, 5.41) is 53.5. The van der Waals surface area contributed by atoms with Crippen LogP contribution in [0.3, 0.4) is 0 Å². The quantitative estimate of drug-likeness (QED) is 0.0375. The number of fused-ring (bicyclic) bond motifs is 1. The molecule has 1 fully saturated rings. The van der Waals surface area contributed by atoms with Gasteiger partial charge in [0.15, 0.2) is 22.8 Å². The summed E-state index contributed by atoms with van der Waals surface area (Å²) in [6, 6.07) is 0. The van der Waals surface area contributed by atoms with Crippen molar-refractivity contribution >= 4 is 75.1 Å². The molecule has 0 aliphatic carbocycles. The van der Waals surface area contributed by atoms with Crippen molar-refractivity contribution < 1.29 is 101 Å². The van der Waals surface area contributed by atoms with Gasteiger partial charge in [-0.15, -0.1) is 0 Å². The van der Waals surface area contributed by atoms with Gasteiger partial charge in [0, 0.05) is 37.1 Å². The Morgan fingerprint density at radius 2 is 1.69 bits per heavy atom. The lowest BCUT2D eigenvalue weighted by Crippen LogP contribution is -2.46. The number of ether oxygens (including phenoxy) is 1. The number of aliphatic hydroxyl groups excluding tert-OH is 3. The average Bonchev–Trinajstić information content (AvgIpc) is 3.67. The van der Waals surface area contributed by atoms with E-state index in [2.05, 4.69) is 34.4 Å². The van der Waals surface area contributed by atoms with E-state index in [0.29, 0.717) is 11.8 Å². The number of carbonyl (C=O) groups is 4. The number of anilines is 1. The first-order chi connectivity index (χ1) is 27.2. The SMILES string of the molecule is CC(C)(COP(=O)(O)OP(=O)(O)OC[C@H]1O[C@@H](n2cnc3c(N)ncnc32)[C@H](O)[C@@H]1OP(=O)(O)O)[C@@H](O)C(=O)NCCC(=O)NCCSC(=O)CC(O)(CO)CC(=O)O. The Morgan fingerprint density at radius 3 is 2.32 bits per heavy atom. The molecule has 0 radical (unpaired) electrons. The second kappa shape index (κ2) is 20.7. The Kier molecular flexibility index (Phi) is 17.6. The third kappa shape index (κ3) is 15.4. The van der Waals surface area contributed by atoms with Crippen LogP contribution in [0.5, 0.6) is 0 Å². The Morgan fingerprint density at radius 1 is 1.03 bits per heavy atom. The van der Waals surface area contributed by atoms with E-state index in [1.54, 1.807) is 0 Å². The zero-order chi connectivity index (χ0) is 44.6. The number of carboxylic acids is 1. The van der Waals surface area contributed by atoms with Crippen LogP contribution in [0.25, 0.3) is 11.2 Å². The standard InChI is InChI=1S/C27H44N7O21P3S/c1-26(2,21(41)24(42)30-4-3-15(36)29-5-6-59-17(39)8-27(43,10-35)7-16(37)38)11-52-58(49,50)55-57(47,48)51-9-14-20(54-56(44,45)46)19(40)25(53-14)34-13-33-18-22(28)31-12-32-23(18)34/h12-14,19-21,25,35,40-41,43H,3-11H2,1-2H3,(H,29,36)(H,30,42)(H,37,38)(H,47,48)(H,49,50)(H2,28,31,32)(H2,44,45,46)/t14-,19-,20-,21+,25-,27?/m1/s1. The molecule has 0 spiro atoms. The predicted molar refractivity (Wildman–Crippen MR) is 196 cm³/mol. The molecule has 3 rings (SSSR count). The van der Waals surface area contributed by atoms with E-state index in [-0.39, 0.29) is 42.2 Å². The van der Waals surface area contributed by atoms with Gasteiger partial charge < -0.3 is 66.2 Å². The molecule has 0 bridgehead atoms. The number of aliphatic hydroxyl groups is 4. The van der Waals surface area contributed by atoms with Crippen LogP contribution >= 0.6 is 35.2 Å². The van der Waals surface area contributed by atoms with E-state index < -0.39 is 121 Å². The number of amides is 2. The molecule has 28 nitrogen and oxygen atoms in total. The maximum Gasteiger partial charge on any atom is 0.481 e. The number of nitrogens with two attached hydrogens (primary N) is 1. The fraction of sp³-hybridized carbons (Fsp3) is 0.667. The van der Waals surface area contributed by atoms with Gasteiger partial charge in [0.05, 0.1) is 32.6 Å². The highest BCUT2D eigenvalue weighted by Gasteiger charge is 2.50. The summed E-state index contributed by atoms with van der Waals surface area (Å²) in [7, 11) is -16.5. The highest BCUT2D eigenvalue weighted by molar-refractivity contribution is 8.13. The number of nitrogens with zero attached hydrogens (tertiary/aromatic N) is 4. The van der Waals surface area contributed by atoms with Crippen LogP contribution in [-0.2, 0) is 55.5 Å². The summed E-state index contributed by atoms with van der Waals surface area (Å²) in [6.07, 6.45) is -8.76. The molecule has 3 heterocycles. The van der Waals surface area contributed by atoms with Gasteiger partial charge in [-0.2, -0.15) is 4.31 Å². The van der Waals surface area contributed by atoms with Crippen molar-refractivity contribution in [3.63, 3.8) is 0 Å². The number of carbonyl (C=O) groups excluding carboxylic acids is 3. The van der Waals surface area contributed by atoms with Crippen LogP contribution in [0, 0.1) is 5.41 Å². The molecule has 3 unspecified atom stereocenters. The van der Waals surface area contributed by atoms with Crippen LogP contribution in [0.1, 0.15) is 39.3 Å². The number of hydrogen-bond acceptors (Lipinski definition) is 21. The molecule has 334 valence electrons. The van der Waals surface area contributed by atoms with Gasteiger partial charge in [-0.05, 0) is 0 Å². The third-order valence-corrected chi connectivity index (χ3v) is 12.0. The zero-order valence-electron chi connectivity index (χ0n) is 30.9. The molecule has 32 heteroatoms. The third-order valence-electron chi connectivity index (χ3n) is 8.01. The van der Waals surface area contributed by atoms with Gasteiger partial charge in [0.1, 0.15) is 41.9 Å². The Bertz CT molecular complexity index is 1970. The molecule has 0 aromatic carbocycles. The van der Waals surface area contributed by atoms with E-state index in [1.807, 2.05) is 0 Å². The molecule has 2 amide bonds. The van der Waals surface area contributed by atoms with Crippen molar-refractivity contribution in [2.24, 2.45) is 5.41 Å². The van der Waals surface area contributed by atoms with E-state index in [9.17, 15) is 72.9 Å². The zero-order valence-corrected chi connectivity index (χ0v) is 34.4. The number of thioether (sulfide) groups is 1. The fourth-order valence-corrected chi connectivity index (χ4v) is 8.70. The first-order valence-corrected chi connectivity index (χ1v) is 22.3. The number of imidazole rings is 1. The lowest BCUT2D eigenvalue weighted by molar-refractivity contribution is -0.145. The number of aliphatic carboxylic acids is 1. The van der Waals surface area contributed by atoms with Gasteiger partial charge in [0.25, 0.3) is 0 Å². The minimum Gasteiger partial charge on any atom is -0.481 e. The molecule has 59 heavy (non-hydrogen) atoms. The minimum absolute atomic E-state index is 0.00989. The molecule has 2 aromatic rings. The Balaban J connectivity index is 1.46. The van der Waals surface area contributed by atoms with Crippen LogP contribution in [-0.4, -0.2) is 156 Å². The number of phosphoric ester groups is 3. The van der Waals surface area contributed by atoms with Gasteiger partial charge in [-0.1, -0.05) is 25.6 Å². The number of carboxylic acid groups (broad SMARTS) is 1. The van der Waals surface area contributed by atoms with Gasteiger partial charge in [-0.25, -0.2) is 28.6 Å². The van der Waals surface area contributed by atoms with Gasteiger partial charge in [0.2, 0.25) is 11.8 Å². The molecular weight excluding hydrogens is 883 g/mol. The first-order valence-electron chi connectivity index (χ1n) is 16.8. The van der Waals surface area contributed by atoms with E-state index in [0.717, 1.165) is 17.2 Å². The van der Waals surface area contributed by atoms with Crippen molar-refractivity contribution in [3.8, 4) is 0 Å². The van der Waals surface area contributed by atoms with Crippen LogP contribution in [0.2, 0.25) is 0 Å². The normalized spacial score (nSPS) is 22.2. The minimum atomic E-state index is -5.61. The van der Waals surface area contributed by atoms with E-state index in [4.69, 9.17) is 24.6 Å². The smallest absolute Gasteiger partial charge is 0.481 e. The van der Waals surface area contributed by atoms with Gasteiger partial charge >= 0.3 is 29.4 Å². The number of phosphoric acid groups is 3. The molecule has 8 atom stereocenters.